The monoisotopic (exact) mass is 228 g/mol. The van der Waals surface area contributed by atoms with Crippen LogP contribution in [0, 0.1) is 11.8 Å². The molecule has 94 valence electrons. The van der Waals surface area contributed by atoms with Gasteiger partial charge in [0.2, 0.25) is 6.29 Å². The molecule has 0 aromatic carbocycles. The average Bonchev–Trinajstić information content (AvgIpc) is 2.58. The van der Waals surface area contributed by atoms with E-state index in [4.69, 9.17) is 9.47 Å². The Morgan fingerprint density at radius 3 is 2.75 bits per heavy atom. The smallest absolute Gasteiger partial charge is 0.308 e. The fourth-order valence-corrected chi connectivity index (χ4v) is 2.19. The summed E-state index contributed by atoms with van der Waals surface area (Å²) in [6.07, 6.45) is 4.49. The maximum Gasteiger partial charge on any atom is 0.308 e. The third kappa shape index (κ3) is 5.50. The van der Waals surface area contributed by atoms with E-state index in [1.807, 2.05) is 0 Å². The number of hydrogen-bond acceptors (Lipinski definition) is 3. The van der Waals surface area contributed by atoms with E-state index in [0.29, 0.717) is 13.0 Å². The minimum Gasteiger partial charge on any atom is -0.436 e. The van der Waals surface area contributed by atoms with Gasteiger partial charge in [0, 0.05) is 6.42 Å². The second kappa shape index (κ2) is 6.89. The largest absolute Gasteiger partial charge is 0.436 e. The van der Waals surface area contributed by atoms with Crippen molar-refractivity contribution in [1.82, 2.24) is 0 Å². The first-order chi connectivity index (χ1) is 7.58. The molecule has 16 heavy (non-hydrogen) atoms. The first kappa shape index (κ1) is 13.5. The number of esters is 1. The van der Waals surface area contributed by atoms with E-state index in [0.717, 1.165) is 24.7 Å². The van der Waals surface area contributed by atoms with Crippen LogP contribution in [-0.4, -0.2) is 18.9 Å². The predicted molar refractivity (Wildman–Crippen MR) is 62.9 cm³/mol. The van der Waals surface area contributed by atoms with E-state index in [-0.39, 0.29) is 12.3 Å². The van der Waals surface area contributed by atoms with Gasteiger partial charge in [-0.15, -0.1) is 0 Å². The zero-order valence-electron chi connectivity index (χ0n) is 10.7. The van der Waals surface area contributed by atoms with E-state index in [9.17, 15) is 4.79 Å². The lowest BCUT2D eigenvalue weighted by Crippen LogP contribution is -2.13. The highest BCUT2D eigenvalue weighted by molar-refractivity contribution is 5.71. The van der Waals surface area contributed by atoms with Gasteiger partial charge in [-0.2, -0.15) is 0 Å². The van der Waals surface area contributed by atoms with Crippen molar-refractivity contribution in [2.75, 3.05) is 6.61 Å². The summed E-state index contributed by atoms with van der Waals surface area (Å²) in [5.41, 5.74) is 0. The molecule has 0 saturated carbocycles. The molecule has 2 unspecified atom stereocenters. The molecule has 0 N–H and O–H groups in total. The Balaban J connectivity index is 1.97. The van der Waals surface area contributed by atoms with Crippen LogP contribution in [0.5, 0.6) is 0 Å². The molecule has 1 aliphatic heterocycles. The zero-order valence-corrected chi connectivity index (χ0v) is 10.7. The van der Waals surface area contributed by atoms with Crippen LogP contribution < -0.4 is 0 Å². The van der Waals surface area contributed by atoms with Gasteiger partial charge in [0.1, 0.15) is 0 Å². The normalized spacial score (nSPS) is 22.5. The molecule has 0 aliphatic carbocycles. The van der Waals surface area contributed by atoms with Crippen LogP contribution in [0.15, 0.2) is 0 Å². The standard InChI is InChI=1S/C13H24O3/c1-10(2)9-11(3)5-4-8-15-13-7-6-12(14)16-13/h10-11,13H,4-9H2,1-3H3. The van der Waals surface area contributed by atoms with E-state index in [2.05, 4.69) is 20.8 Å². The quantitative estimate of drug-likeness (QED) is 0.496. The number of cyclic esters (lactones) is 1. The van der Waals surface area contributed by atoms with E-state index < -0.39 is 0 Å². The molecule has 1 fully saturated rings. The molecule has 1 saturated heterocycles. The Morgan fingerprint density at radius 2 is 2.19 bits per heavy atom. The maximum absolute atomic E-state index is 10.8. The Kier molecular flexibility index (Phi) is 5.81. The fourth-order valence-electron chi connectivity index (χ4n) is 2.19. The van der Waals surface area contributed by atoms with Crippen molar-refractivity contribution in [2.24, 2.45) is 11.8 Å². The summed E-state index contributed by atoms with van der Waals surface area (Å²) in [4.78, 5) is 10.8. The number of carbonyl (C=O) groups excluding carboxylic acids is 1. The third-order valence-corrected chi connectivity index (χ3v) is 2.87. The van der Waals surface area contributed by atoms with Crippen molar-refractivity contribution in [3.63, 3.8) is 0 Å². The summed E-state index contributed by atoms with van der Waals surface area (Å²) in [5, 5.41) is 0. The molecular formula is C13H24O3. The van der Waals surface area contributed by atoms with Crippen molar-refractivity contribution in [1.29, 1.82) is 0 Å². The zero-order chi connectivity index (χ0) is 12.0. The van der Waals surface area contributed by atoms with Gasteiger partial charge in [-0.3, -0.25) is 4.79 Å². The molecule has 1 rings (SSSR count). The van der Waals surface area contributed by atoms with Crippen molar-refractivity contribution < 1.29 is 14.3 Å². The second-order valence-electron chi connectivity index (χ2n) is 5.21. The summed E-state index contributed by atoms with van der Waals surface area (Å²) in [7, 11) is 0. The Hall–Kier alpha value is -0.570. The van der Waals surface area contributed by atoms with Crippen LogP contribution in [0.4, 0.5) is 0 Å². The third-order valence-electron chi connectivity index (χ3n) is 2.87. The molecule has 1 aliphatic rings. The minimum atomic E-state index is -0.270. The Bertz CT molecular complexity index is 213. The highest BCUT2D eigenvalue weighted by Gasteiger charge is 2.23. The molecule has 0 amide bonds. The van der Waals surface area contributed by atoms with Crippen LogP contribution in [0.3, 0.4) is 0 Å². The number of ether oxygens (including phenoxy) is 2. The van der Waals surface area contributed by atoms with E-state index in [1.165, 1.54) is 12.8 Å². The average molecular weight is 228 g/mol. The minimum absolute atomic E-state index is 0.127. The lowest BCUT2D eigenvalue weighted by atomic mass is 9.95. The van der Waals surface area contributed by atoms with Gasteiger partial charge in [0.05, 0.1) is 13.0 Å². The van der Waals surface area contributed by atoms with Gasteiger partial charge in [-0.1, -0.05) is 20.8 Å². The van der Waals surface area contributed by atoms with Gasteiger partial charge >= 0.3 is 5.97 Å². The first-order valence-corrected chi connectivity index (χ1v) is 6.39. The predicted octanol–water partition coefficient (Wildman–Crippen LogP) is 3.13. The molecule has 2 atom stereocenters. The van der Waals surface area contributed by atoms with Crippen LogP contribution >= 0.6 is 0 Å². The first-order valence-electron chi connectivity index (χ1n) is 6.39. The summed E-state index contributed by atoms with van der Waals surface area (Å²) in [6, 6.07) is 0. The summed E-state index contributed by atoms with van der Waals surface area (Å²) in [5.74, 6) is 1.40. The molecule has 0 radical (unpaired) electrons. The second-order valence-corrected chi connectivity index (χ2v) is 5.21. The lowest BCUT2D eigenvalue weighted by Gasteiger charge is -2.15. The van der Waals surface area contributed by atoms with Crippen LogP contribution in [0.25, 0.3) is 0 Å². The molecule has 0 aromatic rings. The fraction of sp³-hybridized carbons (Fsp3) is 0.923. The summed E-state index contributed by atoms with van der Waals surface area (Å²) >= 11 is 0. The molecule has 0 aromatic heterocycles. The van der Waals surface area contributed by atoms with E-state index in [1.54, 1.807) is 0 Å². The van der Waals surface area contributed by atoms with E-state index >= 15 is 0 Å². The number of rotatable bonds is 7. The van der Waals surface area contributed by atoms with Crippen molar-refractivity contribution >= 4 is 5.97 Å². The van der Waals surface area contributed by atoms with Crippen LogP contribution in [0.2, 0.25) is 0 Å². The summed E-state index contributed by atoms with van der Waals surface area (Å²) < 4.78 is 10.5. The van der Waals surface area contributed by atoms with Crippen LogP contribution in [0.1, 0.15) is 52.9 Å². The van der Waals surface area contributed by atoms with Gasteiger partial charge in [-0.25, -0.2) is 0 Å². The number of hydrogen-bond donors (Lipinski definition) is 0. The topological polar surface area (TPSA) is 35.5 Å². The molecule has 3 nitrogen and oxygen atoms in total. The highest BCUT2D eigenvalue weighted by Crippen LogP contribution is 2.18. The molecule has 3 heteroatoms. The van der Waals surface area contributed by atoms with Crippen molar-refractivity contribution in [2.45, 2.75) is 59.2 Å². The highest BCUT2D eigenvalue weighted by atomic mass is 16.7. The molecule has 0 spiro atoms. The van der Waals surface area contributed by atoms with Gasteiger partial charge in [0.25, 0.3) is 0 Å². The SMILES string of the molecule is CC(C)CC(C)CCCOC1CCC(=O)O1. The maximum atomic E-state index is 10.8. The van der Waals surface area contributed by atoms with Crippen molar-refractivity contribution in [3.8, 4) is 0 Å². The van der Waals surface area contributed by atoms with Gasteiger partial charge in [0.15, 0.2) is 0 Å². The Morgan fingerprint density at radius 1 is 1.44 bits per heavy atom. The van der Waals surface area contributed by atoms with Crippen molar-refractivity contribution in [3.05, 3.63) is 0 Å². The van der Waals surface area contributed by atoms with Crippen LogP contribution in [-0.2, 0) is 14.3 Å². The molecule has 1 heterocycles. The molecule has 0 bridgehead atoms. The summed E-state index contributed by atoms with van der Waals surface area (Å²) in [6.45, 7) is 7.51. The van der Waals surface area contributed by atoms with Gasteiger partial charge < -0.3 is 9.47 Å². The molecular weight excluding hydrogens is 204 g/mol. The Labute approximate surface area is 98.5 Å². The number of carbonyl (C=O) groups is 1. The van der Waals surface area contributed by atoms with Gasteiger partial charge in [-0.05, 0) is 31.1 Å². The lowest BCUT2D eigenvalue weighted by molar-refractivity contribution is -0.162.